The number of nitrogens with zero attached hydrogens (tertiary/aromatic N) is 2. The predicted octanol–water partition coefficient (Wildman–Crippen LogP) is 1.79. The third kappa shape index (κ3) is 5.71. The van der Waals surface area contributed by atoms with Crippen LogP contribution in [0.15, 0.2) is 45.7 Å². The van der Waals surface area contributed by atoms with Crippen LogP contribution in [0.2, 0.25) is 0 Å². The van der Waals surface area contributed by atoms with Gasteiger partial charge >= 0.3 is 0 Å². The van der Waals surface area contributed by atoms with Gasteiger partial charge in [0.1, 0.15) is 0 Å². The number of benzene rings is 1. The van der Waals surface area contributed by atoms with Crippen molar-refractivity contribution in [2.75, 3.05) is 18.9 Å². The molecule has 0 aliphatic carbocycles. The lowest BCUT2D eigenvalue weighted by atomic mass is 10.3. The standard InChI is InChI=1S/C17H20N4O4S2/c1-12-8-9-26-16(12)10-18-20-17(23)11-21(3)27(24,25)15-6-4-14(5-7-15)19-13(2)22/h4-10H,11H2,1-3H3,(H,19,22)(H,20,23)/b18-10-. The molecule has 8 nitrogen and oxygen atoms in total. The first-order valence-electron chi connectivity index (χ1n) is 7.90. The maximum atomic E-state index is 12.5. The van der Waals surface area contributed by atoms with Crippen molar-refractivity contribution < 1.29 is 18.0 Å². The van der Waals surface area contributed by atoms with Crippen LogP contribution in [0.4, 0.5) is 5.69 Å². The first-order chi connectivity index (χ1) is 12.7. The zero-order chi connectivity index (χ0) is 20.0. The van der Waals surface area contributed by atoms with E-state index in [1.807, 2.05) is 18.4 Å². The molecule has 1 aromatic heterocycles. The van der Waals surface area contributed by atoms with Gasteiger partial charge in [-0.05, 0) is 48.2 Å². The number of thiophene rings is 1. The van der Waals surface area contributed by atoms with Crippen LogP contribution in [-0.4, -0.2) is 44.3 Å². The first-order valence-corrected chi connectivity index (χ1v) is 10.2. The second-order valence-corrected chi connectivity index (χ2v) is 8.72. The van der Waals surface area contributed by atoms with Crippen molar-refractivity contribution in [2.45, 2.75) is 18.7 Å². The van der Waals surface area contributed by atoms with Gasteiger partial charge in [-0.2, -0.15) is 9.41 Å². The van der Waals surface area contributed by atoms with Crippen LogP contribution in [0.5, 0.6) is 0 Å². The molecule has 0 aliphatic rings. The fourth-order valence-corrected chi connectivity index (χ4v) is 4.01. The van der Waals surface area contributed by atoms with E-state index in [-0.39, 0.29) is 17.3 Å². The third-order valence-electron chi connectivity index (χ3n) is 3.52. The van der Waals surface area contributed by atoms with E-state index in [1.165, 1.54) is 55.8 Å². The second-order valence-electron chi connectivity index (χ2n) is 5.73. The van der Waals surface area contributed by atoms with Gasteiger partial charge < -0.3 is 5.32 Å². The highest BCUT2D eigenvalue weighted by Gasteiger charge is 2.22. The number of hydrazone groups is 1. The van der Waals surface area contributed by atoms with E-state index in [4.69, 9.17) is 0 Å². The average molecular weight is 409 g/mol. The molecule has 1 aromatic carbocycles. The molecule has 0 bridgehead atoms. The third-order valence-corrected chi connectivity index (χ3v) is 6.29. The Morgan fingerprint density at radius 2 is 1.89 bits per heavy atom. The topological polar surface area (TPSA) is 108 Å². The lowest BCUT2D eigenvalue weighted by Gasteiger charge is -2.16. The maximum Gasteiger partial charge on any atom is 0.255 e. The minimum absolute atomic E-state index is 0.0182. The summed E-state index contributed by atoms with van der Waals surface area (Å²) in [5.74, 6) is -0.806. The fraction of sp³-hybridized carbons (Fsp3) is 0.235. The van der Waals surface area contributed by atoms with Crippen LogP contribution in [0.3, 0.4) is 0 Å². The van der Waals surface area contributed by atoms with Gasteiger partial charge in [0.15, 0.2) is 0 Å². The highest BCUT2D eigenvalue weighted by Crippen LogP contribution is 2.17. The number of nitrogens with one attached hydrogen (secondary N) is 2. The Balaban J connectivity index is 1.97. The Morgan fingerprint density at radius 3 is 2.44 bits per heavy atom. The fourth-order valence-electron chi connectivity index (χ4n) is 2.10. The zero-order valence-corrected chi connectivity index (χ0v) is 16.7. The van der Waals surface area contributed by atoms with Crippen molar-refractivity contribution >= 4 is 45.1 Å². The summed E-state index contributed by atoms with van der Waals surface area (Å²) in [5, 5.41) is 8.32. The summed E-state index contributed by atoms with van der Waals surface area (Å²) < 4.78 is 26.0. The van der Waals surface area contributed by atoms with Crippen LogP contribution in [-0.2, 0) is 19.6 Å². The number of hydrogen-bond acceptors (Lipinski definition) is 6. The van der Waals surface area contributed by atoms with Crippen molar-refractivity contribution in [3.05, 3.63) is 46.2 Å². The summed E-state index contributed by atoms with van der Waals surface area (Å²) in [6, 6.07) is 7.64. The largest absolute Gasteiger partial charge is 0.326 e. The molecule has 0 saturated heterocycles. The molecule has 0 radical (unpaired) electrons. The molecule has 0 saturated carbocycles. The van der Waals surface area contributed by atoms with Crippen molar-refractivity contribution in [1.29, 1.82) is 0 Å². The van der Waals surface area contributed by atoms with Gasteiger partial charge in [0.2, 0.25) is 15.9 Å². The Kier molecular flexibility index (Phi) is 6.83. The van der Waals surface area contributed by atoms with Crippen LogP contribution in [0, 0.1) is 6.92 Å². The quantitative estimate of drug-likeness (QED) is 0.538. The molecular weight excluding hydrogens is 388 g/mol. The van der Waals surface area contributed by atoms with Crippen molar-refractivity contribution in [3.8, 4) is 0 Å². The number of anilines is 1. The van der Waals surface area contributed by atoms with Crippen molar-refractivity contribution in [2.24, 2.45) is 5.10 Å². The van der Waals surface area contributed by atoms with Gasteiger partial charge in [-0.3, -0.25) is 9.59 Å². The molecule has 2 amide bonds. The van der Waals surface area contributed by atoms with Gasteiger partial charge in [-0.15, -0.1) is 11.3 Å². The molecule has 2 aromatic rings. The van der Waals surface area contributed by atoms with Gasteiger partial charge in [0.25, 0.3) is 5.91 Å². The molecule has 27 heavy (non-hydrogen) atoms. The van der Waals surface area contributed by atoms with Crippen LogP contribution >= 0.6 is 11.3 Å². The number of sulfonamides is 1. The van der Waals surface area contributed by atoms with Crippen molar-refractivity contribution in [3.63, 3.8) is 0 Å². The Hall–Kier alpha value is -2.56. The number of rotatable bonds is 7. The van der Waals surface area contributed by atoms with Gasteiger partial charge in [-0.1, -0.05) is 0 Å². The van der Waals surface area contributed by atoms with Crippen LogP contribution < -0.4 is 10.7 Å². The van der Waals surface area contributed by atoms with Gasteiger partial charge in [0.05, 0.1) is 17.7 Å². The predicted molar refractivity (Wildman–Crippen MR) is 105 cm³/mol. The van der Waals surface area contributed by atoms with E-state index < -0.39 is 15.9 Å². The molecule has 2 rings (SSSR count). The molecule has 1 heterocycles. The normalized spacial score (nSPS) is 11.7. The summed E-state index contributed by atoms with van der Waals surface area (Å²) in [4.78, 5) is 23.9. The van der Waals surface area contributed by atoms with Gasteiger partial charge in [-0.25, -0.2) is 13.8 Å². The minimum atomic E-state index is -3.84. The molecule has 0 fully saturated rings. The first kappa shape index (κ1) is 20.7. The Morgan fingerprint density at radius 1 is 1.22 bits per heavy atom. The highest BCUT2D eigenvalue weighted by molar-refractivity contribution is 7.89. The second kappa shape index (κ2) is 8.89. The summed E-state index contributed by atoms with van der Waals surface area (Å²) in [7, 11) is -2.53. The lowest BCUT2D eigenvalue weighted by Crippen LogP contribution is -2.36. The monoisotopic (exact) mass is 408 g/mol. The molecular formula is C17H20N4O4S2. The molecule has 0 spiro atoms. The number of hydrogen-bond donors (Lipinski definition) is 2. The van der Waals surface area contributed by atoms with E-state index in [2.05, 4.69) is 15.8 Å². The van der Waals surface area contributed by atoms with E-state index in [9.17, 15) is 18.0 Å². The SMILES string of the molecule is CC(=O)Nc1ccc(S(=O)(=O)N(C)CC(=O)N/N=C\c2sccc2C)cc1. The molecule has 0 atom stereocenters. The van der Waals surface area contributed by atoms with Gasteiger partial charge in [0, 0.05) is 24.5 Å². The smallest absolute Gasteiger partial charge is 0.255 e. The molecule has 2 N–H and O–H groups in total. The molecule has 0 unspecified atom stereocenters. The molecule has 144 valence electrons. The number of amides is 2. The average Bonchev–Trinajstić information content (AvgIpc) is 3.00. The van der Waals surface area contributed by atoms with E-state index in [0.717, 1.165) is 14.7 Å². The maximum absolute atomic E-state index is 12.5. The lowest BCUT2D eigenvalue weighted by molar-refractivity contribution is -0.121. The molecule has 0 aliphatic heterocycles. The van der Waals surface area contributed by atoms with Crippen molar-refractivity contribution in [1.82, 2.24) is 9.73 Å². The number of carbonyl (C=O) groups excluding carboxylic acids is 2. The number of likely N-dealkylation sites (N-methyl/N-ethyl adjacent to an activating group) is 1. The minimum Gasteiger partial charge on any atom is -0.326 e. The van der Waals surface area contributed by atoms with Crippen LogP contribution in [0.1, 0.15) is 17.4 Å². The summed E-state index contributed by atoms with van der Waals surface area (Å²) in [6.45, 7) is 2.91. The molecule has 10 heteroatoms. The summed E-state index contributed by atoms with van der Waals surface area (Å²) >= 11 is 1.49. The van der Waals surface area contributed by atoms with E-state index in [1.54, 1.807) is 0 Å². The van der Waals surface area contributed by atoms with E-state index >= 15 is 0 Å². The number of aryl methyl sites for hydroxylation is 1. The Labute approximate surface area is 161 Å². The Bertz CT molecular complexity index is 950. The summed E-state index contributed by atoms with van der Waals surface area (Å²) in [6.07, 6.45) is 1.52. The van der Waals surface area contributed by atoms with E-state index in [0.29, 0.717) is 5.69 Å². The highest BCUT2D eigenvalue weighted by atomic mass is 32.2. The summed E-state index contributed by atoms with van der Waals surface area (Å²) in [5.41, 5.74) is 3.85. The van der Waals surface area contributed by atoms with Crippen LogP contribution in [0.25, 0.3) is 0 Å². The number of carbonyl (C=O) groups is 2. The zero-order valence-electron chi connectivity index (χ0n) is 15.1.